The van der Waals surface area contributed by atoms with Crippen LogP contribution in [0.4, 0.5) is 0 Å². The average molecular weight is 598 g/mol. The van der Waals surface area contributed by atoms with Gasteiger partial charge in [-0.15, -0.1) is 0 Å². The van der Waals surface area contributed by atoms with Crippen LogP contribution in [0.2, 0.25) is 0 Å². The Bertz CT molecular complexity index is 1520. The molecule has 1 heterocycles. The third kappa shape index (κ3) is 7.79. The first-order valence-electron chi connectivity index (χ1n) is 12.3. The highest BCUT2D eigenvalue weighted by molar-refractivity contribution is 9.10. The summed E-state index contributed by atoms with van der Waals surface area (Å²) in [6.45, 7) is 9.66. The molecule has 206 valence electrons. The minimum absolute atomic E-state index is 0.00847. The van der Waals surface area contributed by atoms with Gasteiger partial charge < -0.3 is 14.2 Å². The molecule has 0 fully saturated rings. The molecule has 0 saturated heterocycles. The number of carbonyl (C=O) groups excluding carboxylic acids is 1. The molecule has 0 aliphatic rings. The third-order valence-electron chi connectivity index (χ3n) is 5.79. The topological polar surface area (TPSA) is 113 Å². The number of hydrogen-bond acceptors (Lipinski definition) is 7. The normalized spacial score (nSPS) is 11.2. The minimum atomic E-state index is -0.920. The van der Waals surface area contributed by atoms with E-state index in [0.29, 0.717) is 22.9 Å². The molecule has 0 saturated carbocycles. The molecule has 0 amide bonds. The number of aromatic nitrogens is 3. The van der Waals surface area contributed by atoms with Crippen molar-refractivity contribution in [3.05, 3.63) is 95.8 Å². The van der Waals surface area contributed by atoms with Crippen LogP contribution in [-0.2, 0) is 4.74 Å². The number of nitrogens with one attached hydrogen (secondary N) is 1. The van der Waals surface area contributed by atoms with Gasteiger partial charge in [0, 0.05) is 0 Å². The van der Waals surface area contributed by atoms with Crippen molar-refractivity contribution < 1.29 is 19.0 Å². The number of ether oxygens (including phenoxy) is 3. The summed E-state index contributed by atoms with van der Waals surface area (Å²) >= 11 is 3.45. The van der Waals surface area contributed by atoms with Gasteiger partial charge in [-0.1, -0.05) is 17.2 Å². The standard InChI is InChI=1S/C29H32BrN3O6/c1-17(2)8-7-9-18(3)12-13-38-28(35)25-27(34)31-29(36)33(32-25)21-14-19(4)26(20(5)15-21)39-22-10-11-24(37-6)23(30)16-22/h8,10-12,14-16H,7,9,13H2,1-6H3,(H,31,34,36)/b18-12+. The Morgan fingerprint density at radius 3 is 2.38 bits per heavy atom. The van der Waals surface area contributed by atoms with Gasteiger partial charge in [-0.3, -0.25) is 9.78 Å². The Balaban J connectivity index is 1.82. The van der Waals surface area contributed by atoms with Gasteiger partial charge in [-0.05, 0) is 111 Å². The van der Waals surface area contributed by atoms with Gasteiger partial charge in [0.25, 0.3) is 5.56 Å². The summed E-state index contributed by atoms with van der Waals surface area (Å²) in [6, 6.07) is 8.71. The van der Waals surface area contributed by atoms with Crippen LogP contribution in [0.3, 0.4) is 0 Å². The lowest BCUT2D eigenvalue weighted by atomic mass is 10.1. The highest BCUT2D eigenvalue weighted by Crippen LogP contribution is 2.34. The second-order valence-electron chi connectivity index (χ2n) is 9.30. The first-order valence-corrected chi connectivity index (χ1v) is 13.1. The van der Waals surface area contributed by atoms with Crippen molar-refractivity contribution in [2.45, 2.75) is 47.5 Å². The van der Waals surface area contributed by atoms with Crippen LogP contribution in [-0.4, -0.2) is 34.5 Å². The summed E-state index contributed by atoms with van der Waals surface area (Å²) < 4.78 is 18.3. The molecule has 0 unspecified atom stereocenters. The fourth-order valence-corrected chi connectivity index (χ4v) is 4.29. The molecule has 1 N–H and O–H groups in total. The predicted octanol–water partition coefficient (Wildman–Crippen LogP) is 5.95. The smallest absolute Gasteiger partial charge is 0.364 e. The number of carbonyl (C=O) groups is 1. The Morgan fingerprint density at radius 1 is 1.08 bits per heavy atom. The number of benzene rings is 2. The van der Waals surface area contributed by atoms with Gasteiger partial charge in [0.2, 0.25) is 5.69 Å². The van der Waals surface area contributed by atoms with Crippen LogP contribution in [0.25, 0.3) is 5.69 Å². The molecule has 10 heteroatoms. The third-order valence-corrected chi connectivity index (χ3v) is 6.41. The number of aromatic amines is 1. The molecule has 39 heavy (non-hydrogen) atoms. The maximum absolute atomic E-state index is 12.6. The molecule has 0 aliphatic heterocycles. The molecule has 1 aromatic heterocycles. The van der Waals surface area contributed by atoms with Crippen LogP contribution in [0, 0.1) is 13.8 Å². The van der Waals surface area contributed by atoms with Gasteiger partial charge in [0.15, 0.2) is 0 Å². The summed E-state index contributed by atoms with van der Waals surface area (Å²) in [5, 5.41) is 4.03. The van der Waals surface area contributed by atoms with Crippen molar-refractivity contribution in [2.75, 3.05) is 13.7 Å². The summed E-state index contributed by atoms with van der Waals surface area (Å²) in [4.78, 5) is 39.7. The van der Waals surface area contributed by atoms with Gasteiger partial charge in [0.1, 0.15) is 23.9 Å². The van der Waals surface area contributed by atoms with Crippen molar-refractivity contribution >= 4 is 21.9 Å². The number of allylic oxidation sites excluding steroid dienone is 3. The van der Waals surface area contributed by atoms with Crippen LogP contribution in [0.5, 0.6) is 17.2 Å². The molecule has 0 aliphatic carbocycles. The zero-order valence-electron chi connectivity index (χ0n) is 22.9. The predicted molar refractivity (Wildman–Crippen MR) is 153 cm³/mol. The second-order valence-corrected chi connectivity index (χ2v) is 10.2. The van der Waals surface area contributed by atoms with Gasteiger partial charge in [-0.25, -0.2) is 9.59 Å². The summed E-state index contributed by atoms with van der Waals surface area (Å²) in [6.07, 6.45) is 5.65. The van der Waals surface area contributed by atoms with Gasteiger partial charge >= 0.3 is 11.7 Å². The number of nitrogens with zero attached hydrogens (tertiary/aromatic N) is 2. The molecule has 0 atom stereocenters. The molecule has 9 nitrogen and oxygen atoms in total. The largest absolute Gasteiger partial charge is 0.496 e. The highest BCUT2D eigenvalue weighted by Gasteiger charge is 2.19. The van der Waals surface area contributed by atoms with Crippen molar-refractivity contribution in [1.82, 2.24) is 14.8 Å². The monoisotopic (exact) mass is 597 g/mol. The zero-order valence-corrected chi connectivity index (χ0v) is 24.5. The Morgan fingerprint density at radius 2 is 1.77 bits per heavy atom. The molecule has 2 aromatic carbocycles. The quantitative estimate of drug-likeness (QED) is 0.227. The Kier molecular flexibility index (Phi) is 10.1. The number of rotatable bonds is 10. The number of esters is 1. The number of halogens is 1. The molecule has 0 bridgehead atoms. The zero-order chi connectivity index (χ0) is 28.7. The van der Waals surface area contributed by atoms with Crippen molar-refractivity contribution in [3.63, 3.8) is 0 Å². The van der Waals surface area contributed by atoms with E-state index in [4.69, 9.17) is 14.2 Å². The van der Waals surface area contributed by atoms with E-state index >= 15 is 0 Å². The maximum Gasteiger partial charge on any atom is 0.364 e. The van der Waals surface area contributed by atoms with E-state index in [9.17, 15) is 14.4 Å². The first kappa shape index (κ1) is 29.6. The highest BCUT2D eigenvalue weighted by atomic mass is 79.9. The SMILES string of the molecule is COc1ccc(Oc2c(C)cc(-n3nc(C(=O)OC/C=C(\C)CCC=C(C)C)c(=O)[nH]c3=O)cc2C)cc1Br. The van der Waals surface area contributed by atoms with Crippen molar-refractivity contribution in [1.29, 1.82) is 0 Å². The fraction of sp³-hybridized carbons (Fsp3) is 0.310. The van der Waals surface area contributed by atoms with E-state index in [-0.39, 0.29) is 6.61 Å². The second kappa shape index (κ2) is 13.2. The average Bonchev–Trinajstić information content (AvgIpc) is 2.86. The molecule has 3 rings (SSSR count). The number of methoxy groups -OCH3 is 1. The molecular formula is C29H32BrN3O6. The fourth-order valence-electron chi connectivity index (χ4n) is 3.77. The molecule has 0 spiro atoms. The summed E-state index contributed by atoms with van der Waals surface area (Å²) in [5.41, 5.74) is 1.89. The number of aryl methyl sites for hydroxylation is 2. The van der Waals surface area contributed by atoms with E-state index in [1.165, 1.54) is 5.57 Å². The van der Waals surface area contributed by atoms with E-state index in [2.05, 4.69) is 32.1 Å². The first-order chi connectivity index (χ1) is 18.5. The van der Waals surface area contributed by atoms with E-state index in [1.807, 2.05) is 34.6 Å². The van der Waals surface area contributed by atoms with Crippen LogP contribution in [0.15, 0.2) is 67.7 Å². The van der Waals surface area contributed by atoms with E-state index in [0.717, 1.165) is 38.7 Å². The minimum Gasteiger partial charge on any atom is -0.496 e. The van der Waals surface area contributed by atoms with Crippen molar-refractivity contribution in [3.8, 4) is 22.9 Å². The van der Waals surface area contributed by atoms with Crippen LogP contribution < -0.4 is 20.7 Å². The lowest BCUT2D eigenvalue weighted by molar-refractivity contribution is 0.0537. The van der Waals surface area contributed by atoms with Gasteiger partial charge in [0.05, 0.1) is 17.3 Å². The van der Waals surface area contributed by atoms with Crippen LogP contribution >= 0.6 is 15.9 Å². The van der Waals surface area contributed by atoms with Crippen LogP contribution in [0.1, 0.15) is 55.2 Å². The lowest BCUT2D eigenvalue weighted by Gasteiger charge is -2.15. The Hall–Kier alpha value is -3.92. The number of H-pyrrole nitrogens is 1. The van der Waals surface area contributed by atoms with Crippen molar-refractivity contribution in [2.24, 2.45) is 0 Å². The molecular weight excluding hydrogens is 566 g/mol. The maximum atomic E-state index is 12.6. The number of hydrogen-bond donors (Lipinski definition) is 1. The Labute approximate surface area is 235 Å². The summed E-state index contributed by atoms with van der Waals surface area (Å²) in [7, 11) is 1.58. The molecule has 0 radical (unpaired) electrons. The van der Waals surface area contributed by atoms with E-state index in [1.54, 1.807) is 43.5 Å². The summed E-state index contributed by atoms with van der Waals surface area (Å²) in [5.74, 6) is 0.943. The molecule has 3 aromatic rings. The van der Waals surface area contributed by atoms with E-state index < -0.39 is 22.9 Å². The lowest BCUT2D eigenvalue weighted by Crippen LogP contribution is -2.36. The van der Waals surface area contributed by atoms with Gasteiger partial charge in [-0.2, -0.15) is 9.78 Å².